The summed E-state index contributed by atoms with van der Waals surface area (Å²) in [6, 6.07) is 0. The van der Waals surface area contributed by atoms with Crippen LogP contribution in [-0.2, 0) is 9.53 Å². The summed E-state index contributed by atoms with van der Waals surface area (Å²) in [6.45, 7) is 11.0. The quantitative estimate of drug-likeness (QED) is 0.283. The molecular weight excluding hydrogens is 437 g/mol. The molecule has 144 valence electrons. The average Bonchev–Trinajstić information content (AvgIpc) is 2.54. The maximum absolute atomic E-state index is 11.8. The molecule has 0 atom stereocenters. The highest BCUT2D eigenvalue weighted by Gasteiger charge is 2.24. The molecule has 0 aromatic rings. The van der Waals surface area contributed by atoms with Crippen molar-refractivity contribution in [3.8, 4) is 0 Å². The Labute approximate surface area is 167 Å². The Kier molecular flexibility index (Phi) is 11.2. The number of aliphatic imine (C=N–C) groups is 1. The summed E-state index contributed by atoms with van der Waals surface area (Å²) in [7, 11) is 3.41. The largest absolute Gasteiger partial charge is 0.450 e. The zero-order valence-corrected chi connectivity index (χ0v) is 17.9. The monoisotopic (exact) mass is 467 g/mol. The molecule has 0 aromatic heterocycles. The number of guanidine groups is 1. The Balaban J connectivity index is 0.00000576. The molecule has 0 radical (unpaired) electrons. The number of carbonyl (C=O) groups is 2. The molecule has 1 heterocycles. The van der Waals surface area contributed by atoms with Crippen LogP contribution in [0.15, 0.2) is 17.1 Å². The van der Waals surface area contributed by atoms with Crippen LogP contribution in [0, 0.1) is 0 Å². The van der Waals surface area contributed by atoms with Crippen molar-refractivity contribution in [2.45, 2.75) is 13.8 Å². The summed E-state index contributed by atoms with van der Waals surface area (Å²) in [5.74, 6) is 0.603. The molecule has 1 fully saturated rings. The Bertz CT molecular complexity index is 488. The summed E-state index contributed by atoms with van der Waals surface area (Å²) >= 11 is 0. The second-order valence-electron chi connectivity index (χ2n) is 5.91. The fourth-order valence-corrected chi connectivity index (χ4v) is 2.10. The number of hydrogen-bond donors (Lipinski definition) is 1. The van der Waals surface area contributed by atoms with E-state index in [1.807, 2.05) is 11.8 Å². The standard InChI is InChI=1S/C16H29N5O3.HI/c1-6-24-16(23)21-9-7-20(8-10-21)15(17-11-13(2)3)18-12-14(22)19(4)5;/h2,6-12H2,1,3-5H3,(H,17,18);1H. The van der Waals surface area contributed by atoms with Gasteiger partial charge in [-0.3, -0.25) is 4.79 Å². The van der Waals surface area contributed by atoms with Gasteiger partial charge in [0.25, 0.3) is 0 Å². The molecule has 1 rings (SSSR count). The Morgan fingerprint density at radius 2 is 1.76 bits per heavy atom. The molecule has 1 N–H and O–H groups in total. The summed E-state index contributed by atoms with van der Waals surface area (Å²) in [4.78, 5) is 33.2. The molecular formula is C16H30IN5O3. The van der Waals surface area contributed by atoms with E-state index < -0.39 is 0 Å². The summed E-state index contributed by atoms with van der Waals surface area (Å²) in [6.07, 6.45) is -0.284. The molecule has 1 aliphatic rings. The van der Waals surface area contributed by atoms with E-state index in [0.717, 1.165) is 5.57 Å². The van der Waals surface area contributed by atoms with Crippen LogP contribution in [0.1, 0.15) is 13.8 Å². The normalized spacial score (nSPS) is 14.5. The maximum atomic E-state index is 11.8. The summed E-state index contributed by atoms with van der Waals surface area (Å²) < 4.78 is 5.02. The second-order valence-corrected chi connectivity index (χ2v) is 5.91. The number of piperazine rings is 1. The fraction of sp³-hybridized carbons (Fsp3) is 0.688. The van der Waals surface area contributed by atoms with Gasteiger partial charge in [0.05, 0.1) is 6.61 Å². The minimum atomic E-state index is -0.284. The SMILES string of the molecule is C=C(C)CNC(=NCC(=O)N(C)C)N1CCN(C(=O)OCC)CC1.I. The van der Waals surface area contributed by atoms with Crippen molar-refractivity contribution in [2.75, 3.05) is 60.0 Å². The molecule has 8 nitrogen and oxygen atoms in total. The van der Waals surface area contributed by atoms with Crippen molar-refractivity contribution in [1.82, 2.24) is 20.0 Å². The second kappa shape index (κ2) is 11.9. The molecule has 0 bridgehead atoms. The highest BCUT2D eigenvalue weighted by Crippen LogP contribution is 2.05. The molecule has 1 aliphatic heterocycles. The molecule has 9 heteroatoms. The van der Waals surface area contributed by atoms with Crippen LogP contribution in [-0.4, -0.2) is 92.6 Å². The van der Waals surface area contributed by atoms with Crippen LogP contribution in [0.4, 0.5) is 4.79 Å². The predicted octanol–water partition coefficient (Wildman–Crippen LogP) is 0.988. The number of likely N-dealkylation sites (N-methyl/N-ethyl adjacent to an activating group) is 1. The van der Waals surface area contributed by atoms with Gasteiger partial charge in [-0.1, -0.05) is 12.2 Å². The molecule has 25 heavy (non-hydrogen) atoms. The molecule has 0 aliphatic carbocycles. The lowest BCUT2D eigenvalue weighted by Gasteiger charge is -2.36. The fourth-order valence-electron chi connectivity index (χ4n) is 2.10. The van der Waals surface area contributed by atoms with Gasteiger partial charge in [0.2, 0.25) is 5.91 Å². The van der Waals surface area contributed by atoms with Gasteiger partial charge in [-0.05, 0) is 13.8 Å². The van der Waals surface area contributed by atoms with Crippen LogP contribution in [0.3, 0.4) is 0 Å². The molecule has 0 aromatic carbocycles. The van der Waals surface area contributed by atoms with E-state index in [0.29, 0.717) is 45.3 Å². The van der Waals surface area contributed by atoms with Crippen LogP contribution >= 0.6 is 24.0 Å². The zero-order valence-electron chi connectivity index (χ0n) is 15.6. The third kappa shape index (κ3) is 8.41. The first-order chi connectivity index (χ1) is 11.3. The van der Waals surface area contributed by atoms with Crippen molar-refractivity contribution in [3.63, 3.8) is 0 Å². The van der Waals surface area contributed by atoms with Crippen molar-refractivity contribution < 1.29 is 14.3 Å². The average molecular weight is 467 g/mol. The number of halogens is 1. The Morgan fingerprint density at radius 1 is 1.20 bits per heavy atom. The van der Waals surface area contributed by atoms with Gasteiger partial charge in [-0.15, -0.1) is 24.0 Å². The lowest BCUT2D eigenvalue weighted by atomic mass is 10.3. The van der Waals surface area contributed by atoms with E-state index in [9.17, 15) is 9.59 Å². The number of amides is 2. The Hall–Kier alpha value is -1.52. The van der Waals surface area contributed by atoms with Gasteiger partial charge in [0.1, 0.15) is 6.54 Å². The van der Waals surface area contributed by atoms with E-state index in [1.165, 1.54) is 4.90 Å². The number of ether oxygens (including phenoxy) is 1. The van der Waals surface area contributed by atoms with Gasteiger partial charge in [0, 0.05) is 46.8 Å². The first-order valence-corrected chi connectivity index (χ1v) is 8.14. The molecule has 1 saturated heterocycles. The van der Waals surface area contributed by atoms with Gasteiger partial charge in [-0.2, -0.15) is 0 Å². The summed E-state index contributed by atoms with van der Waals surface area (Å²) in [5, 5.41) is 3.22. The molecule has 0 unspecified atom stereocenters. The smallest absolute Gasteiger partial charge is 0.409 e. The number of rotatable bonds is 5. The molecule has 2 amide bonds. The first-order valence-electron chi connectivity index (χ1n) is 8.14. The number of hydrogen-bond acceptors (Lipinski definition) is 4. The van der Waals surface area contributed by atoms with E-state index in [1.54, 1.807) is 25.9 Å². The van der Waals surface area contributed by atoms with Gasteiger partial charge in [-0.25, -0.2) is 9.79 Å². The number of nitrogens with zero attached hydrogens (tertiary/aromatic N) is 4. The topological polar surface area (TPSA) is 77.5 Å². The van der Waals surface area contributed by atoms with E-state index in [-0.39, 0.29) is 42.5 Å². The number of carbonyl (C=O) groups excluding carboxylic acids is 2. The minimum Gasteiger partial charge on any atom is -0.450 e. The van der Waals surface area contributed by atoms with E-state index >= 15 is 0 Å². The van der Waals surface area contributed by atoms with Crippen molar-refractivity contribution in [1.29, 1.82) is 0 Å². The van der Waals surface area contributed by atoms with Crippen LogP contribution in [0.2, 0.25) is 0 Å². The highest BCUT2D eigenvalue weighted by molar-refractivity contribution is 14.0. The van der Waals surface area contributed by atoms with E-state index in [2.05, 4.69) is 16.9 Å². The van der Waals surface area contributed by atoms with Crippen molar-refractivity contribution in [2.24, 2.45) is 4.99 Å². The van der Waals surface area contributed by atoms with Gasteiger partial charge in [0.15, 0.2) is 5.96 Å². The number of nitrogens with one attached hydrogen (secondary N) is 1. The predicted molar refractivity (Wildman–Crippen MR) is 109 cm³/mol. The zero-order chi connectivity index (χ0) is 18.1. The van der Waals surface area contributed by atoms with Crippen molar-refractivity contribution in [3.05, 3.63) is 12.2 Å². The molecule has 0 spiro atoms. The van der Waals surface area contributed by atoms with Crippen molar-refractivity contribution >= 4 is 41.9 Å². The lowest BCUT2D eigenvalue weighted by Crippen LogP contribution is -2.54. The Morgan fingerprint density at radius 3 is 2.24 bits per heavy atom. The van der Waals surface area contributed by atoms with Crippen LogP contribution < -0.4 is 5.32 Å². The van der Waals surface area contributed by atoms with Gasteiger partial charge >= 0.3 is 6.09 Å². The van der Waals surface area contributed by atoms with E-state index in [4.69, 9.17) is 4.74 Å². The van der Waals surface area contributed by atoms with Crippen LogP contribution in [0.25, 0.3) is 0 Å². The third-order valence-electron chi connectivity index (χ3n) is 3.52. The lowest BCUT2D eigenvalue weighted by molar-refractivity contribution is -0.127. The highest BCUT2D eigenvalue weighted by atomic mass is 127. The van der Waals surface area contributed by atoms with Crippen LogP contribution in [0.5, 0.6) is 0 Å². The maximum Gasteiger partial charge on any atom is 0.409 e. The third-order valence-corrected chi connectivity index (χ3v) is 3.52. The molecule has 0 saturated carbocycles. The summed E-state index contributed by atoms with van der Waals surface area (Å²) in [5.41, 5.74) is 0.979. The first kappa shape index (κ1) is 23.5. The van der Waals surface area contributed by atoms with Gasteiger partial charge < -0.3 is 24.8 Å². The minimum absolute atomic E-state index is 0.